The Morgan fingerprint density at radius 3 is 2.79 bits per heavy atom. The van der Waals surface area contributed by atoms with Gasteiger partial charge in [-0.25, -0.2) is 0 Å². The number of amides is 1. The number of hydrogen-bond donors (Lipinski definition) is 2. The summed E-state index contributed by atoms with van der Waals surface area (Å²) in [5.74, 6) is 0.916. The average molecular weight is 327 g/mol. The van der Waals surface area contributed by atoms with E-state index in [1.165, 1.54) is 0 Å². The molecule has 1 heterocycles. The van der Waals surface area contributed by atoms with E-state index in [1.807, 2.05) is 50.2 Å². The molecule has 0 spiro atoms. The van der Waals surface area contributed by atoms with Gasteiger partial charge in [-0.15, -0.1) is 0 Å². The molecule has 2 N–H and O–H groups in total. The summed E-state index contributed by atoms with van der Waals surface area (Å²) in [5, 5.41) is 6.17. The van der Waals surface area contributed by atoms with E-state index in [0.717, 1.165) is 16.9 Å². The molecule has 128 valence electrons. The Kier molecular flexibility index (Phi) is 7.23. The summed E-state index contributed by atoms with van der Waals surface area (Å²) >= 11 is 0. The molecule has 0 saturated heterocycles. The van der Waals surface area contributed by atoms with E-state index < -0.39 is 0 Å². The minimum Gasteiger partial charge on any atom is -0.489 e. The lowest BCUT2D eigenvalue weighted by molar-refractivity contribution is -0.121. The van der Waals surface area contributed by atoms with Crippen LogP contribution in [-0.2, 0) is 17.9 Å². The molecule has 5 heteroatoms. The van der Waals surface area contributed by atoms with Gasteiger partial charge in [0.25, 0.3) is 0 Å². The van der Waals surface area contributed by atoms with Crippen molar-refractivity contribution >= 4 is 5.91 Å². The fraction of sp³-hybridized carbons (Fsp3) is 0.368. The van der Waals surface area contributed by atoms with Crippen molar-refractivity contribution in [3.63, 3.8) is 0 Å². The molecule has 24 heavy (non-hydrogen) atoms. The van der Waals surface area contributed by atoms with Crippen LogP contribution in [0.4, 0.5) is 0 Å². The van der Waals surface area contributed by atoms with Crippen molar-refractivity contribution in [1.29, 1.82) is 0 Å². The van der Waals surface area contributed by atoms with E-state index in [-0.39, 0.29) is 11.9 Å². The van der Waals surface area contributed by atoms with Gasteiger partial charge in [0.15, 0.2) is 0 Å². The smallest absolute Gasteiger partial charge is 0.221 e. The second-order valence-electron chi connectivity index (χ2n) is 5.91. The van der Waals surface area contributed by atoms with Gasteiger partial charge in [0.2, 0.25) is 5.91 Å². The van der Waals surface area contributed by atoms with Crippen LogP contribution in [0.1, 0.15) is 31.4 Å². The van der Waals surface area contributed by atoms with Gasteiger partial charge in [-0.3, -0.25) is 9.78 Å². The number of rotatable bonds is 9. The van der Waals surface area contributed by atoms with Crippen molar-refractivity contribution in [2.75, 3.05) is 6.54 Å². The van der Waals surface area contributed by atoms with Gasteiger partial charge in [0, 0.05) is 49.1 Å². The summed E-state index contributed by atoms with van der Waals surface area (Å²) in [5.41, 5.74) is 2.11. The standard InChI is InChI=1S/C19H25N3O2/c1-15(2)22-19(23)9-11-21-13-17-7-3-4-8-18(17)24-14-16-6-5-10-20-12-16/h3-8,10,12,15,21H,9,11,13-14H2,1-2H3,(H,22,23). The lowest BCUT2D eigenvalue weighted by atomic mass is 10.2. The van der Waals surface area contributed by atoms with Crippen molar-refractivity contribution in [3.05, 3.63) is 59.9 Å². The van der Waals surface area contributed by atoms with Crippen LogP contribution in [0.3, 0.4) is 0 Å². The molecule has 0 unspecified atom stereocenters. The van der Waals surface area contributed by atoms with Gasteiger partial charge in [-0.05, 0) is 26.0 Å². The lowest BCUT2D eigenvalue weighted by Crippen LogP contribution is -2.32. The molecule has 2 aromatic rings. The fourth-order valence-electron chi connectivity index (χ4n) is 2.25. The van der Waals surface area contributed by atoms with Crippen LogP contribution < -0.4 is 15.4 Å². The van der Waals surface area contributed by atoms with Crippen LogP contribution in [0, 0.1) is 0 Å². The number of para-hydroxylation sites is 1. The Bertz CT molecular complexity index is 630. The third-order valence-electron chi connectivity index (χ3n) is 3.38. The van der Waals surface area contributed by atoms with E-state index in [2.05, 4.69) is 15.6 Å². The lowest BCUT2D eigenvalue weighted by Gasteiger charge is -2.12. The summed E-state index contributed by atoms with van der Waals surface area (Å²) in [6.07, 6.45) is 4.02. The van der Waals surface area contributed by atoms with Gasteiger partial charge >= 0.3 is 0 Å². The molecule has 1 aromatic carbocycles. The molecule has 0 bridgehead atoms. The Morgan fingerprint density at radius 1 is 1.21 bits per heavy atom. The molecule has 2 rings (SSSR count). The molecule has 5 nitrogen and oxygen atoms in total. The van der Waals surface area contributed by atoms with E-state index in [1.54, 1.807) is 12.4 Å². The highest BCUT2D eigenvalue weighted by molar-refractivity contribution is 5.76. The highest BCUT2D eigenvalue weighted by Gasteiger charge is 2.05. The number of carbonyl (C=O) groups is 1. The Labute approximate surface area is 143 Å². The molecule has 1 aromatic heterocycles. The first-order valence-corrected chi connectivity index (χ1v) is 8.25. The fourth-order valence-corrected chi connectivity index (χ4v) is 2.25. The predicted octanol–water partition coefficient (Wildman–Crippen LogP) is 2.66. The summed E-state index contributed by atoms with van der Waals surface area (Å²) in [7, 11) is 0. The van der Waals surface area contributed by atoms with E-state index in [0.29, 0.717) is 26.1 Å². The van der Waals surface area contributed by atoms with Crippen molar-refractivity contribution in [2.45, 2.75) is 39.5 Å². The zero-order valence-electron chi connectivity index (χ0n) is 14.3. The van der Waals surface area contributed by atoms with Crippen LogP contribution in [-0.4, -0.2) is 23.5 Å². The predicted molar refractivity (Wildman–Crippen MR) is 94.6 cm³/mol. The van der Waals surface area contributed by atoms with Crippen molar-refractivity contribution in [3.8, 4) is 5.75 Å². The maximum atomic E-state index is 11.6. The van der Waals surface area contributed by atoms with Crippen molar-refractivity contribution < 1.29 is 9.53 Å². The number of carbonyl (C=O) groups excluding carboxylic acids is 1. The van der Waals surface area contributed by atoms with Gasteiger partial charge in [-0.1, -0.05) is 24.3 Å². The van der Waals surface area contributed by atoms with E-state index in [4.69, 9.17) is 4.74 Å². The SMILES string of the molecule is CC(C)NC(=O)CCNCc1ccccc1OCc1cccnc1. The quantitative estimate of drug-likeness (QED) is 0.695. The Hall–Kier alpha value is -2.40. The highest BCUT2D eigenvalue weighted by Crippen LogP contribution is 2.19. The van der Waals surface area contributed by atoms with Crippen LogP contribution in [0.15, 0.2) is 48.8 Å². The first-order valence-electron chi connectivity index (χ1n) is 8.25. The number of benzene rings is 1. The van der Waals surface area contributed by atoms with Gasteiger partial charge in [0.05, 0.1) is 0 Å². The molecule has 0 aliphatic heterocycles. The zero-order chi connectivity index (χ0) is 17.2. The minimum absolute atomic E-state index is 0.0682. The van der Waals surface area contributed by atoms with E-state index >= 15 is 0 Å². The number of aromatic nitrogens is 1. The monoisotopic (exact) mass is 327 g/mol. The first-order chi connectivity index (χ1) is 11.6. The Morgan fingerprint density at radius 2 is 2.04 bits per heavy atom. The summed E-state index contributed by atoms with van der Waals surface area (Å²) in [6, 6.07) is 12.0. The maximum absolute atomic E-state index is 11.6. The van der Waals surface area contributed by atoms with Crippen molar-refractivity contribution in [2.24, 2.45) is 0 Å². The normalized spacial score (nSPS) is 10.6. The zero-order valence-corrected chi connectivity index (χ0v) is 14.3. The van der Waals surface area contributed by atoms with Gasteiger partial charge in [0.1, 0.15) is 12.4 Å². The minimum atomic E-state index is 0.0682. The first kappa shape index (κ1) is 17.9. The van der Waals surface area contributed by atoms with Crippen LogP contribution >= 0.6 is 0 Å². The van der Waals surface area contributed by atoms with Crippen molar-refractivity contribution in [1.82, 2.24) is 15.6 Å². The molecule has 0 aliphatic carbocycles. The summed E-state index contributed by atoms with van der Waals surface area (Å²) < 4.78 is 5.89. The summed E-state index contributed by atoms with van der Waals surface area (Å²) in [4.78, 5) is 15.7. The molecule has 0 atom stereocenters. The van der Waals surface area contributed by atoms with Crippen LogP contribution in [0.2, 0.25) is 0 Å². The second-order valence-corrected chi connectivity index (χ2v) is 5.91. The molecule has 0 aliphatic rings. The molecular weight excluding hydrogens is 302 g/mol. The number of ether oxygens (including phenoxy) is 1. The number of nitrogens with one attached hydrogen (secondary N) is 2. The third kappa shape index (κ3) is 6.38. The van der Waals surface area contributed by atoms with Crippen LogP contribution in [0.25, 0.3) is 0 Å². The molecule has 0 saturated carbocycles. The topological polar surface area (TPSA) is 63.2 Å². The number of pyridine rings is 1. The second kappa shape index (κ2) is 9.67. The Balaban J connectivity index is 1.80. The van der Waals surface area contributed by atoms with E-state index in [9.17, 15) is 4.79 Å². The molecule has 0 fully saturated rings. The number of hydrogen-bond acceptors (Lipinski definition) is 4. The highest BCUT2D eigenvalue weighted by atomic mass is 16.5. The molecule has 0 radical (unpaired) electrons. The maximum Gasteiger partial charge on any atom is 0.221 e. The van der Waals surface area contributed by atoms with Gasteiger partial charge < -0.3 is 15.4 Å². The largest absolute Gasteiger partial charge is 0.489 e. The number of nitrogens with zero attached hydrogens (tertiary/aromatic N) is 1. The molecular formula is C19H25N3O2. The molecule has 1 amide bonds. The summed E-state index contributed by atoms with van der Waals surface area (Å²) in [6.45, 7) is 5.71. The average Bonchev–Trinajstić information content (AvgIpc) is 2.58. The third-order valence-corrected chi connectivity index (χ3v) is 3.38. The van der Waals surface area contributed by atoms with Gasteiger partial charge in [-0.2, -0.15) is 0 Å². The van der Waals surface area contributed by atoms with Crippen LogP contribution in [0.5, 0.6) is 5.75 Å².